The predicted molar refractivity (Wildman–Crippen MR) is 161 cm³/mol. The van der Waals surface area contributed by atoms with Crippen molar-refractivity contribution >= 4 is 23.3 Å². The number of nitro benzene ring substituents is 2. The van der Waals surface area contributed by atoms with E-state index in [1.165, 1.54) is 12.1 Å². The predicted octanol–water partition coefficient (Wildman–Crippen LogP) is 7.08. The number of cyclic esters (lactones) is 2. The quantitative estimate of drug-likeness (QED) is 0.120. The molecule has 2 aliphatic rings. The number of esters is 2. The van der Waals surface area contributed by atoms with Gasteiger partial charge in [-0.05, 0) is 36.1 Å². The van der Waals surface area contributed by atoms with E-state index in [-0.39, 0.29) is 23.3 Å². The highest BCUT2D eigenvalue weighted by molar-refractivity contribution is 5.91. The summed E-state index contributed by atoms with van der Waals surface area (Å²) in [5, 5.41) is 22.5. The summed E-state index contributed by atoms with van der Waals surface area (Å²) >= 11 is 0. The normalized spacial score (nSPS) is 23.5. The molecule has 6 rings (SSSR count). The molecule has 0 aliphatic carbocycles. The number of carbonyl (C=O) groups is 2. The van der Waals surface area contributed by atoms with Crippen molar-refractivity contribution in [3.05, 3.63) is 152 Å². The van der Waals surface area contributed by atoms with Crippen molar-refractivity contribution in [3.8, 4) is 0 Å². The van der Waals surface area contributed by atoms with E-state index < -0.39 is 32.9 Å². The Morgan fingerprint density at radius 3 is 1.18 bits per heavy atom. The molecule has 10 nitrogen and oxygen atoms in total. The minimum absolute atomic E-state index is 0.0197. The number of nitro groups is 2. The zero-order valence-corrected chi connectivity index (χ0v) is 24.1. The number of hydrogen-bond donors (Lipinski definition) is 0. The number of rotatable bonds is 8. The molecular weight excluding hydrogens is 564 g/mol. The van der Waals surface area contributed by atoms with Crippen LogP contribution in [0.15, 0.2) is 109 Å². The van der Waals surface area contributed by atoms with E-state index in [9.17, 15) is 29.8 Å². The molecule has 0 radical (unpaired) electrons. The summed E-state index contributed by atoms with van der Waals surface area (Å²) in [4.78, 5) is 46.1. The van der Waals surface area contributed by atoms with Crippen LogP contribution < -0.4 is 0 Å². The minimum Gasteiger partial charge on any atom is -0.455 e. The molecule has 0 saturated carbocycles. The van der Waals surface area contributed by atoms with E-state index in [1.54, 1.807) is 36.4 Å². The maximum Gasteiger partial charge on any atom is 0.321 e. The summed E-state index contributed by atoms with van der Waals surface area (Å²) in [5.41, 5.74) is 0.799. The van der Waals surface area contributed by atoms with Gasteiger partial charge in [-0.2, -0.15) is 0 Å². The lowest BCUT2D eigenvalue weighted by molar-refractivity contribution is -0.386. The summed E-state index contributed by atoms with van der Waals surface area (Å²) in [5.74, 6) is -0.659. The maximum absolute atomic E-state index is 12.3. The van der Waals surface area contributed by atoms with Crippen molar-refractivity contribution in [1.29, 1.82) is 0 Å². The molecule has 0 amide bonds. The summed E-state index contributed by atoms with van der Waals surface area (Å²) in [6.45, 7) is 3.80. The van der Waals surface area contributed by atoms with Gasteiger partial charge in [-0.3, -0.25) is 29.8 Å². The average molecular weight is 595 g/mol. The van der Waals surface area contributed by atoms with E-state index in [4.69, 9.17) is 9.47 Å². The van der Waals surface area contributed by atoms with E-state index in [1.807, 2.05) is 74.5 Å². The minimum atomic E-state index is -0.854. The van der Waals surface area contributed by atoms with Gasteiger partial charge in [0.15, 0.2) is 12.2 Å². The zero-order valence-electron chi connectivity index (χ0n) is 24.1. The van der Waals surface area contributed by atoms with Crippen LogP contribution in [-0.2, 0) is 29.9 Å². The van der Waals surface area contributed by atoms with Gasteiger partial charge in [-0.1, -0.05) is 98.8 Å². The molecule has 0 N–H and O–H groups in total. The molecule has 4 aromatic rings. The van der Waals surface area contributed by atoms with Crippen LogP contribution in [0.4, 0.5) is 11.4 Å². The molecule has 2 fully saturated rings. The van der Waals surface area contributed by atoms with Crippen LogP contribution in [0.2, 0.25) is 0 Å². The molecule has 4 atom stereocenters. The van der Waals surface area contributed by atoms with Gasteiger partial charge < -0.3 is 9.47 Å². The average Bonchev–Trinajstić information content (AvgIpc) is 3.04. The first-order chi connectivity index (χ1) is 21.2. The van der Waals surface area contributed by atoms with Crippen LogP contribution in [0.25, 0.3) is 0 Å². The van der Waals surface area contributed by atoms with Crippen LogP contribution in [0.5, 0.6) is 0 Å². The summed E-state index contributed by atoms with van der Waals surface area (Å²) in [7, 11) is 0. The molecule has 2 saturated heterocycles. The van der Waals surface area contributed by atoms with Crippen molar-refractivity contribution in [2.45, 2.75) is 49.7 Å². The van der Waals surface area contributed by atoms with Crippen LogP contribution >= 0.6 is 0 Å². The lowest BCUT2D eigenvalue weighted by atomic mass is 9.67. The highest BCUT2D eigenvalue weighted by atomic mass is 16.6. The number of nitrogens with zero attached hydrogens (tertiary/aromatic N) is 2. The van der Waals surface area contributed by atoms with Gasteiger partial charge >= 0.3 is 11.9 Å². The third-order valence-electron chi connectivity index (χ3n) is 8.60. The third kappa shape index (κ3) is 4.78. The Morgan fingerprint density at radius 1 is 0.568 bits per heavy atom. The molecule has 224 valence electrons. The molecule has 0 unspecified atom stereocenters. The fourth-order valence-electron chi connectivity index (χ4n) is 6.21. The van der Waals surface area contributed by atoms with E-state index in [0.717, 1.165) is 11.1 Å². The first-order valence-electron chi connectivity index (χ1n) is 14.2. The van der Waals surface area contributed by atoms with Gasteiger partial charge in [0.2, 0.25) is 0 Å². The number of ether oxygens (including phenoxy) is 2. The standard InChI is InChI=1S/2C17H15NO4/c2*1-2-17(12-8-4-3-5-9-12)15(22-16(17)19)13-10-6-7-11-14(13)18(20)21/h2*3-11,15H,2H2,1H3/t2*15-,17+/m11/s1. The zero-order chi connectivity index (χ0) is 31.5. The van der Waals surface area contributed by atoms with Crippen LogP contribution in [0.3, 0.4) is 0 Å². The second-order valence-corrected chi connectivity index (χ2v) is 10.6. The van der Waals surface area contributed by atoms with Gasteiger partial charge in [-0.15, -0.1) is 0 Å². The lowest BCUT2D eigenvalue weighted by Crippen LogP contribution is -2.54. The fraction of sp³-hybridized carbons (Fsp3) is 0.235. The summed E-state index contributed by atoms with van der Waals surface area (Å²) < 4.78 is 10.7. The van der Waals surface area contributed by atoms with Gasteiger partial charge in [-0.25, -0.2) is 0 Å². The second-order valence-electron chi connectivity index (χ2n) is 10.6. The highest BCUT2D eigenvalue weighted by Crippen LogP contribution is 2.54. The van der Waals surface area contributed by atoms with Crippen molar-refractivity contribution in [2.75, 3.05) is 0 Å². The number of para-hydroxylation sites is 2. The maximum atomic E-state index is 12.3. The smallest absolute Gasteiger partial charge is 0.321 e. The van der Waals surface area contributed by atoms with Crippen molar-refractivity contribution < 1.29 is 28.9 Å². The molecule has 2 heterocycles. The number of carbonyl (C=O) groups excluding carboxylic acids is 2. The molecule has 44 heavy (non-hydrogen) atoms. The second kappa shape index (κ2) is 12.1. The third-order valence-corrected chi connectivity index (χ3v) is 8.60. The van der Waals surface area contributed by atoms with Gasteiger partial charge in [0, 0.05) is 12.1 Å². The topological polar surface area (TPSA) is 139 Å². The molecule has 2 aliphatic heterocycles. The van der Waals surface area contributed by atoms with Crippen LogP contribution in [0, 0.1) is 20.2 Å². The van der Waals surface area contributed by atoms with E-state index in [0.29, 0.717) is 24.0 Å². The van der Waals surface area contributed by atoms with Crippen LogP contribution in [0.1, 0.15) is 61.2 Å². The Kier molecular flexibility index (Phi) is 8.26. The first kappa shape index (κ1) is 30.1. The van der Waals surface area contributed by atoms with Crippen molar-refractivity contribution in [3.63, 3.8) is 0 Å². The summed E-state index contributed by atoms with van der Waals surface area (Å²) in [6, 6.07) is 31.5. The molecular formula is C34H30N2O8. The fourth-order valence-corrected chi connectivity index (χ4v) is 6.21. The Hall–Kier alpha value is -5.38. The number of benzene rings is 4. The van der Waals surface area contributed by atoms with Gasteiger partial charge in [0.25, 0.3) is 11.4 Å². The van der Waals surface area contributed by atoms with Crippen molar-refractivity contribution in [1.82, 2.24) is 0 Å². The molecule has 0 aromatic heterocycles. The SMILES string of the molecule is CC[C@@]1(c2ccccc2)C(=O)O[C@@H]1c1ccccc1[N+](=O)[O-].CC[C@@]1(c2ccccc2)C(=O)O[C@@H]1c1ccccc1[N+](=O)[O-]. The van der Waals surface area contributed by atoms with Crippen molar-refractivity contribution in [2.24, 2.45) is 0 Å². The summed E-state index contributed by atoms with van der Waals surface area (Å²) in [6.07, 6.45) is -0.220. The van der Waals surface area contributed by atoms with E-state index >= 15 is 0 Å². The molecule has 10 heteroatoms. The molecule has 4 aromatic carbocycles. The first-order valence-corrected chi connectivity index (χ1v) is 14.2. The molecule has 0 spiro atoms. The van der Waals surface area contributed by atoms with Gasteiger partial charge in [0.1, 0.15) is 10.8 Å². The Labute approximate surface area is 253 Å². The van der Waals surface area contributed by atoms with E-state index in [2.05, 4.69) is 0 Å². The lowest BCUT2D eigenvalue weighted by Gasteiger charge is -2.46. The monoisotopic (exact) mass is 594 g/mol. The Balaban J connectivity index is 0.000000175. The molecule has 0 bridgehead atoms. The Morgan fingerprint density at radius 2 is 0.886 bits per heavy atom. The highest BCUT2D eigenvalue weighted by Gasteiger charge is 2.61. The Bertz CT molecular complexity index is 1580. The number of hydrogen-bond acceptors (Lipinski definition) is 8. The largest absolute Gasteiger partial charge is 0.455 e. The van der Waals surface area contributed by atoms with Gasteiger partial charge in [0.05, 0.1) is 21.0 Å². The van der Waals surface area contributed by atoms with Crippen LogP contribution in [-0.4, -0.2) is 21.8 Å².